The van der Waals surface area contributed by atoms with Crippen LogP contribution in [0.15, 0.2) is 18.2 Å². The van der Waals surface area contributed by atoms with E-state index in [1.807, 2.05) is 18.7 Å². The van der Waals surface area contributed by atoms with Crippen LogP contribution >= 0.6 is 11.8 Å². The average Bonchev–Trinajstić information content (AvgIpc) is 2.83. The van der Waals surface area contributed by atoms with Gasteiger partial charge in [0.25, 0.3) is 0 Å². The molecule has 148 valence electrons. The Balaban J connectivity index is 1.63. The fourth-order valence-electron chi connectivity index (χ4n) is 3.52. The molecular weight excluding hydrogens is 367 g/mol. The number of halogens is 1. The molecule has 1 aromatic rings. The zero-order valence-electron chi connectivity index (χ0n) is 15.8. The summed E-state index contributed by atoms with van der Waals surface area (Å²) in [6, 6.07) is 4.95. The van der Waals surface area contributed by atoms with Crippen LogP contribution in [0.2, 0.25) is 0 Å². The molecule has 3 rings (SSSR count). The van der Waals surface area contributed by atoms with E-state index < -0.39 is 6.09 Å². The number of benzene rings is 1. The molecule has 0 aliphatic carbocycles. The number of ketones is 1. The van der Waals surface area contributed by atoms with Crippen molar-refractivity contribution in [3.05, 3.63) is 24.0 Å². The van der Waals surface area contributed by atoms with Gasteiger partial charge in [-0.3, -0.25) is 9.69 Å². The Morgan fingerprint density at radius 3 is 2.93 bits per heavy atom. The molecule has 1 amide bonds. The summed E-state index contributed by atoms with van der Waals surface area (Å²) in [6.45, 7) is 4.01. The number of nitrogens with zero attached hydrogens (tertiary/aromatic N) is 2. The van der Waals surface area contributed by atoms with Crippen molar-refractivity contribution in [2.45, 2.75) is 45.1 Å². The summed E-state index contributed by atoms with van der Waals surface area (Å²) in [6.07, 6.45) is 2.59. The summed E-state index contributed by atoms with van der Waals surface area (Å²) in [5.41, 5.74) is 1.10. The van der Waals surface area contributed by atoms with Crippen LogP contribution in [-0.2, 0) is 9.53 Å². The molecule has 0 aromatic heterocycles. The zero-order valence-corrected chi connectivity index (χ0v) is 16.6. The quantitative estimate of drug-likeness (QED) is 0.692. The third-order valence-corrected chi connectivity index (χ3v) is 6.00. The van der Waals surface area contributed by atoms with Crippen LogP contribution in [0.1, 0.15) is 39.0 Å². The molecule has 2 saturated heterocycles. The van der Waals surface area contributed by atoms with E-state index in [2.05, 4.69) is 4.90 Å². The molecule has 0 spiro atoms. The number of ether oxygens (including phenoxy) is 1. The molecule has 0 bridgehead atoms. The third-order valence-electron chi connectivity index (χ3n) is 4.95. The first kappa shape index (κ1) is 20.0. The fourth-order valence-corrected chi connectivity index (χ4v) is 4.40. The number of carbonyl (C=O) groups excluding carboxylic acids is 2. The lowest BCUT2D eigenvalue weighted by Crippen LogP contribution is -2.27. The topological polar surface area (TPSA) is 49.9 Å². The zero-order chi connectivity index (χ0) is 19.2. The lowest BCUT2D eigenvalue weighted by molar-refractivity contribution is -0.119. The Morgan fingerprint density at radius 2 is 2.15 bits per heavy atom. The first-order chi connectivity index (χ1) is 13.1. The lowest BCUT2D eigenvalue weighted by atomic mass is 10.1. The number of carbonyl (C=O) groups is 2. The van der Waals surface area contributed by atoms with Crippen LogP contribution in [0.4, 0.5) is 20.6 Å². The van der Waals surface area contributed by atoms with Gasteiger partial charge < -0.3 is 9.64 Å². The Hall–Kier alpha value is -1.76. The number of hydrogen-bond acceptors (Lipinski definition) is 5. The van der Waals surface area contributed by atoms with Crippen molar-refractivity contribution in [2.24, 2.45) is 0 Å². The summed E-state index contributed by atoms with van der Waals surface area (Å²) in [4.78, 5) is 27.4. The van der Waals surface area contributed by atoms with Crippen molar-refractivity contribution in [3.63, 3.8) is 0 Å². The monoisotopic (exact) mass is 394 g/mol. The first-order valence-corrected chi connectivity index (χ1v) is 10.9. The molecular formula is C20H27FN2O3S. The highest BCUT2D eigenvalue weighted by Crippen LogP contribution is 2.29. The lowest BCUT2D eigenvalue weighted by Gasteiger charge is -2.24. The molecule has 27 heavy (non-hydrogen) atoms. The number of anilines is 2. The van der Waals surface area contributed by atoms with Crippen molar-refractivity contribution < 1.29 is 18.7 Å². The van der Waals surface area contributed by atoms with Crippen LogP contribution in [-0.4, -0.2) is 49.1 Å². The molecule has 5 nitrogen and oxygen atoms in total. The Kier molecular flexibility index (Phi) is 6.99. The normalized spacial score (nSPS) is 20.5. The van der Waals surface area contributed by atoms with Gasteiger partial charge in [0.2, 0.25) is 0 Å². The summed E-state index contributed by atoms with van der Waals surface area (Å²) in [5.74, 6) is 1.99. The minimum atomic E-state index is -0.471. The summed E-state index contributed by atoms with van der Waals surface area (Å²) >= 11 is 1.90. The van der Waals surface area contributed by atoms with E-state index in [4.69, 9.17) is 4.74 Å². The van der Waals surface area contributed by atoms with Gasteiger partial charge in [-0.15, -0.1) is 0 Å². The minimum absolute atomic E-state index is 0.193. The molecule has 0 unspecified atom stereocenters. The van der Waals surface area contributed by atoms with Crippen molar-refractivity contribution in [1.29, 1.82) is 0 Å². The highest BCUT2D eigenvalue weighted by atomic mass is 32.2. The van der Waals surface area contributed by atoms with Gasteiger partial charge in [0, 0.05) is 31.7 Å². The van der Waals surface area contributed by atoms with Gasteiger partial charge in [0.1, 0.15) is 17.7 Å². The second-order valence-electron chi connectivity index (χ2n) is 7.03. The van der Waals surface area contributed by atoms with Crippen LogP contribution in [0.3, 0.4) is 0 Å². The number of amides is 1. The van der Waals surface area contributed by atoms with Crippen molar-refractivity contribution >= 4 is 35.0 Å². The Labute approximate surface area is 164 Å². The standard InChI is InChI=1S/C20H27FN2O3S/c1-2-4-16(24)6-7-17-14-23(20(25)26-17)15-5-8-19(18(21)13-15)22-9-3-11-27-12-10-22/h5,8,13,17H,2-4,6-7,9-12,14H2,1H3/t17-/m0/s1. The molecule has 1 atom stereocenters. The number of rotatable bonds is 7. The highest BCUT2D eigenvalue weighted by molar-refractivity contribution is 7.99. The molecule has 2 aliphatic heterocycles. The van der Waals surface area contributed by atoms with Gasteiger partial charge in [-0.25, -0.2) is 9.18 Å². The van der Waals surface area contributed by atoms with Crippen molar-refractivity contribution in [1.82, 2.24) is 0 Å². The van der Waals surface area contributed by atoms with Gasteiger partial charge in [-0.2, -0.15) is 11.8 Å². The largest absolute Gasteiger partial charge is 0.444 e. The van der Waals surface area contributed by atoms with Gasteiger partial charge in [-0.1, -0.05) is 6.92 Å². The molecule has 0 radical (unpaired) electrons. The maximum Gasteiger partial charge on any atom is 0.414 e. The molecule has 2 aliphatic rings. The van der Waals surface area contributed by atoms with Gasteiger partial charge in [0.05, 0.1) is 17.9 Å². The number of Topliss-reactive ketones (excluding diaryl/α,β-unsaturated/α-hetero) is 1. The molecule has 1 aromatic carbocycles. The SMILES string of the molecule is CCCC(=O)CC[C@H]1CN(c2ccc(N3CCCSCC3)c(F)c2)C(=O)O1. The average molecular weight is 395 g/mol. The van der Waals surface area contributed by atoms with Crippen molar-refractivity contribution in [2.75, 3.05) is 40.9 Å². The maximum absolute atomic E-state index is 14.7. The second-order valence-corrected chi connectivity index (χ2v) is 8.26. The van der Waals surface area contributed by atoms with Gasteiger partial charge in [0.15, 0.2) is 0 Å². The molecule has 0 N–H and O–H groups in total. The Bertz CT molecular complexity index is 677. The number of hydrogen-bond donors (Lipinski definition) is 0. The van der Waals surface area contributed by atoms with Gasteiger partial charge in [-0.05, 0) is 43.2 Å². The van der Waals surface area contributed by atoms with E-state index in [1.165, 1.54) is 11.0 Å². The summed E-state index contributed by atoms with van der Waals surface area (Å²) in [7, 11) is 0. The second kappa shape index (κ2) is 9.44. The third kappa shape index (κ3) is 5.15. The fraction of sp³-hybridized carbons (Fsp3) is 0.600. The van der Waals surface area contributed by atoms with Gasteiger partial charge >= 0.3 is 6.09 Å². The highest BCUT2D eigenvalue weighted by Gasteiger charge is 2.33. The number of cyclic esters (lactones) is 1. The molecule has 2 fully saturated rings. The van der Waals surface area contributed by atoms with E-state index >= 15 is 0 Å². The van der Waals surface area contributed by atoms with Crippen LogP contribution in [0.5, 0.6) is 0 Å². The van der Waals surface area contributed by atoms with E-state index in [0.29, 0.717) is 37.2 Å². The first-order valence-electron chi connectivity index (χ1n) is 9.70. The van der Waals surface area contributed by atoms with Crippen LogP contribution in [0, 0.1) is 5.82 Å². The molecule has 2 heterocycles. The predicted octanol–water partition coefficient (Wildman–Crippen LogP) is 4.24. The van der Waals surface area contributed by atoms with E-state index in [9.17, 15) is 14.0 Å². The van der Waals surface area contributed by atoms with Crippen LogP contribution in [0.25, 0.3) is 0 Å². The van der Waals surface area contributed by atoms with E-state index in [1.54, 1.807) is 12.1 Å². The minimum Gasteiger partial charge on any atom is -0.444 e. The number of thioether (sulfide) groups is 1. The van der Waals surface area contributed by atoms with Crippen molar-refractivity contribution in [3.8, 4) is 0 Å². The maximum atomic E-state index is 14.7. The summed E-state index contributed by atoms with van der Waals surface area (Å²) in [5, 5.41) is 0. The smallest absolute Gasteiger partial charge is 0.414 e. The molecule has 7 heteroatoms. The van der Waals surface area contributed by atoms with Crippen LogP contribution < -0.4 is 9.80 Å². The predicted molar refractivity (Wildman–Crippen MR) is 107 cm³/mol. The molecule has 0 saturated carbocycles. The Morgan fingerprint density at radius 1 is 1.30 bits per heavy atom. The summed E-state index contributed by atoms with van der Waals surface area (Å²) < 4.78 is 20.1. The van der Waals surface area contributed by atoms with E-state index in [-0.39, 0.29) is 17.7 Å². The van der Waals surface area contributed by atoms with E-state index in [0.717, 1.165) is 37.4 Å².